The molecule has 0 aromatic carbocycles. The SMILES string of the molecule is CC(C)CCCCCCCCCCC(C(C)C)C(C)C. The van der Waals surface area contributed by atoms with Crippen LogP contribution in [0.25, 0.3) is 0 Å². The molecule has 0 nitrogen and oxygen atoms in total. The molecule has 0 atom stereocenters. The van der Waals surface area contributed by atoms with Gasteiger partial charge in [0.1, 0.15) is 0 Å². The van der Waals surface area contributed by atoms with E-state index in [1.807, 2.05) is 0 Å². The molecule has 0 aromatic rings. The van der Waals surface area contributed by atoms with Crippen LogP contribution >= 0.6 is 0 Å². The Hall–Kier alpha value is 0. The van der Waals surface area contributed by atoms with Crippen molar-refractivity contribution in [2.24, 2.45) is 23.7 Å². The zero-order valence-electron chi connectivity index (χ0n) is 15.4. The second-order valence-corrected chi connectivity index (χ2v) is 7.95. The van der Waals surface area contributed by atoms with E-state index in [1.165, 1.54) is 64.2 Å². The minimum absolute atomic E-state index is 0.857. The lowest BCUT2D eigenvalue weighted by Gasteiger charge is -2.24. The van der Waals surface area contributed by atoms with Crippen LogP contribution in [0, 0.1) is 23.7 Å². The van der Waals surface area contributed by atoms with Gasteiger partial charge in [0.25, 0.3) is 0 Å². The average Bonchev–Trinajstić information content (AvgIpc) is 2.34. The summed E-state index contributed by atoms with van der Waals surface area (Å²) in [5.74, 6) is 3.54. The predicted octanol–water partition coefficient (Wildman–Crippen LogP) is 7.47. The molecule has 0 amide bonds. The highest BCUT2D eigenvalue weighted by atomic mass is 14.2. The lowest BCUT2D eigenvalue weighted by atomic mass is 9.81. The third-order valence-corrected chi connectivity index (χ3v) is 4.78. The fourth-order valence-electron chi connectivity index (χ4n) is 3.43. The van der Waals surface area contributed by atoms with Gasteiger partial charge in [-0.3, -0.25) is 0 Å². The highest BCUT2D eigenvalue weighted by molar-refractivity contribution is 4.66. The third-order valence-electron chi connectivity index (χ3n) is 4.78. The van der Waals surface area contributed by atoms with Crippen molar-refractivity contribution in [2.75, 3.05) is 0 Å². The Kier molecular flexibility index (Phi) is 12.7. The van der Waals surface area contributed by atoms with Gasteiger partial charge in [-0.15, -0.1) is 0 Å². The number of hydrogen-bond acceptors (Lipinski definition) is 0. The van der Waals surface area contributed by atoms with Gasteiger partial charge in [0.05, 0.1) is 0 Å². The summed E-state index contributed by atoms with van der Waals surface area (Å²) >= 11 is 0. The Morgan fingerprint density at radius 2 is 0.800 bits per heavy atom. The predicted molar refractivity (Wildman–Crippen MR) is 94.2 cm³/mol. The molecule has 0 N–H and O–H groups in total. The van der Waals surface area contributed by atoms with Crippen LogP contribution in [-0.4, -0.2) is 0 Å². The molecule has 0 heterocycles. The maximum absolute atomic E-state index is 2.39. The first kappa shape index (κ1) is 20.0. The maximum atomic E-state index is 2.39. The van der Waals surface area contributed by atoms with E-state index >= 15 is 0 Å². The molecular weight excluding hydrogens is 240 g/mol. The van der Waals surface area contributed by atoms with Crippen molar-refractivity contribution in [3.63, 3.8) is 0 Å². The first-order valence-electron chi connectivity index (χ1n) is 9.45. The van der Waals surface area contributed by atoms with Crippen LogP contribution in [0.2, 0.25) is 0 Å². The number of hydrogen-bond donors (Lipinski definition) is 0. The molecule has 0 saturated heterocycles. The minimum Gasteiger partial charge on any atom is -0.0628 e. The van der Waals surface area contributed by atoms with Gasteiger partial charge in [-0.2, -0.15) is 0 Å². The lowest BCUT2D eigenvalue weighted by Crippen LogP contribution is -2.15. The van der Waals surface area contributed by atoms with Crippen LogP contribution in [-0.2, 0) is 0 Å². The Morgan fingerprint density at radius 1 is 0.450 bits per heavy atom. The van der Waals surface area contributed by atoms with E-state index in [0.717, 1.165) is 23.7 Å². The van der Waals surface area contributed by atoms with Gasteiger partial charge in [0.2, 0.25) is 0 Å². The monoisotopic (exact) mass is 282 g/mol. The molecule has 0 spiro atoms. The van der Waals surface area contributed by atoms with Crippen LogP contribution < -0.4 is 0 Å². The minimum atomic E-state index is 0.857. The van der Waals surface area contributed by atoms with Crippen molar-refractivity contribution >= 4 is 0 Å². The summed E-state index contributed by atoms with van der Waals surface area (Å²) in [5.41, 5.74) is 0. The molecule has 0 heteroatoms. The molecule has 0 fully saturated rings. The second-order valence-electron chi connectivity index (χ2n) is 7.95. The van der Waals surface area contributed by atoms with Crippen molar-refractivity contribution in [3.05, 3.63) is 0 Å². The summed E-state index contributed by atoms with van der Waals surface area (Å²) < 4.78 is 0. The van der Waals surface area contributed by atoms with Gasteiger partial charge < -0.3 is 0 Å². The molecule has 0 aliphatic heterocycles. The molecule has 0 aromatic heterocycles. The van der Waals surface area contributed by atoms with Crippen LogP contribution in [0.3, 0.4) is 0 Å². The van der Waals surface area contributed by atoms with Crippen LogP contribution in [0.1, 0.15) is 106 Å². The van der Waals surface area contributed by atoms with Crippen molar-refractivity contribution in [1.29, 1.82) is 0 Å². The summed E-state index contributed by atoms with van der Waals surface area (Å²) in [6, 6.07) is 0. The van der Waals surface area contributed by atoms with Crippen LogP contribution in [0.4, 0.5) is 0 Å². The zero-order chi connectivity index (χ0) is 15.4. The van der Waals surface area contributed by atoms with Gasteiger partial charge in [-0.25, -0.2) is 0 Å². The molecule has 0 rings (SSSR count). The van der Waals surface area contributed by atoms with Crippen molar-refractivity contribution in [1.82, 2.24) is 0 Å². The first-order valence-corrected chi connectivity index (χ1v) is 9.45. The van der Waals surface area contributed by atoms with E-state index in [2.05, 4.69) is 41.5 Å². The van der Waals surface area contributed by atoms with Gasteiger partial charge in [0, 0.05) is 0 Å². The highest BCUT2D eigenvalue weighted by Crippen LogP contribution is 2.26. The summed E-state index contributed by atoms with van der Waals surface area (Å²) in [6.45, 7) is 14.2. The molecule has 20 heavy (non-hydrogen) atoms. The highest BCUT2D eigenvalue weighted by Gasteiger charge is 2.16. The summed E-state index contributed by atoms with van der Waals surface area (Å²) in [4.78, 5) is 0. The molecule has 0 aliphatic rings. The van der Waals surface area contributed by atoms with Gasteiger partial charge >= 0.3 is 0 Å². The van der Waals surface area contributed by atoms with E-state index in [4.69, 9.17) is 0 Å². The number of unbranched alkanes of at least 4 members (excludes halogenated alkanes) is 7. The standard InChI is InChI=1S/C20H42/c1-17(2)15-13-11-9-7-8-10-12-14-16-20(18(3)4)19(5)6/h17-20H,7-16H2,1-6H3. The smallest absolute Gasteiger partial charge is 0.0368 e. The van der Waals surface area contributed by atoms with E-state index in [-0.39, 0.29) is 0 Å². The number of rotatable bonds is 13. The normalized spacial score (nSPS) is 12.3. The van der Waals surface area contributed by atoms with Gasteiger partial charge in [0.15, 0.2) is 0 Å². The van der Waals surface area contributed by atoms with Crippen molar-refractivity contribution < 1.29 is 0 Å². The Balaban J connectivity index is 3.32. The fraction of sp³-hybridized carbons (Fsp3) is 1.00. The van der Waals surface area contributed by atoms with E-state index < -0.39 is 0 Å². The molecule has 0 unspecified atom stereocenters. The maximum Gasteiger partial charge on any atom is -0.0368 e. The lowest BCUT2D eigenvalue weighted by molar-refractivity contribution is 0.261. The topological polar surface area (TPSA) is 0 Å². The summed E-state index contributed by atoms with van der Waals surface area (Å²) in [5, 5.41) is 0. The second kappa shape index (κ2) is 12.7. The first-order chi connectivity index (χ1) is 9.45. The molecule has 0 radical (unpaired) electrons. The Labute approximate surface area is 130 Å². The van der Waals surface area contributed by atoms with Crippen LogP contribution in [0.15, 0.2) is 0 Å². The Bertz CT molecular complexity index is 182. The molecule has 122 valence electrons. The molecule has 0 aliphatic carbocycles. The van der Waals surface area contributed by atoms with E-state index in [0.29, 0.717) is 0 Å². The van der Waals surface area contributed by atoms with Gasteiger partial charge in [-0.1, -0.05) is 99.3 Å². The van der Waals surface area contributed by atoms with E-state index in [9.17, 15) is 0 Å². The van der Waals surface area contributed by atoms with E-state index in [1.54, 1.807) is 0 Å². The molecule has 0 saturated carbocycles. The quantitative estimate of drug-likeness (QED) is 0.307. The average molecular weight is 283 g/mol. The molecular formula is C20H42. The third kappa shape index (κ3) is 11.8. The van der Waals surface area contributed by atoms with Crippen molar-refractivity contribution in [3.8, 4) is 0 Å². The summed E-state index contributed by atoms with van der Waals surface area (Å²) in [6.07, 6.45) is 14.6. The summed E-state index contributed by atoms with van der Waals surface area (Å²) in [7, 11) is 0. The van der Waals surface area contributed by atoms with Crippen LogP contribution in [0.5, 0.6) is 0 Å². The Morgan fingerprint density at radius 3 is 1.15 bits per heavy atom. The zero-order valence-corrected chi connectivity index (χ0v) is 15.4. The van der Waals surface area contributed by atoms with Crippen molar-refractivity contribution in [2.45, 2.75) is 106 Å². The van der Waals surface area contributed by atoms with Gasteiger partial charge in [-0.05, 0) is 30.1 Å². The fourth-order valence-corrected chi connectivity index (χ4v) is 3.43. The molecule has 0 bridgehead atoms. The largest absolute Gasteiger partial charge is 0.0628 e.